The average Bonchev–Trinajstić information content (AvgIpc) is 3.16. The van der Waals surface area contributed by atoms with E-state index in [1.165, 1.54) is 4.80 Å². The fourth-order valence-corrected chi connectivity index (χ4v) is 3.44. The van der Waals surface area contributed by atoms with Gasteiger partial charge in [0.05, 0.1) is 17.8 Å². The zero-order chi connectivity index (χ0) is 22.0. The zero-order valence-electron chi connectivity index (χ0n) is 17.3. The summed E-state index contributed by atoms with van der Waals surface area (Å²) in [5, 5.41) is 12.2. The fraction of sp³-hybridized carbons (Fsp3) is 0.174. The second-order valence-electron chi connectivity index (χ2n) is 7.12. The van der Waals surface area contributed by atoms with Gasteiger partial charge in [-0.05, 0) is 61.9 Å². The van der Waals surface area contributed by atoms with Crippen LogP contribution in [0.3, 0.4) is 0 Å². The highest BCUT2D eigenvalue weighted by molar-refractivity contribution is 6.32. The number of amides is 1. The minimum atomic E-state index is -0.256. The molecule has 1 aromatic heterocycles. The minimum absolute atomic E-state index is 0.0843. The largest absolute Gasteiger partial charge is 0.495 e. The molecule has 8 heteroatoms. The summed E-state index contributed by atoms with van der Waals surface area (Å²) in [5.41, 5.74) is 4.78. The first-order valence-corrected chi connectivity index (χ1v) is 10.0. The lowest BCUT2D eigenvalue weighted by molar-refractivity contribution is -0.118. The van der Waals surface area contributed by atoms with E-state index < -0.39 is 0 Å². The normalized spacial score (nSPS) is 10.8. The number of aromatic nitrogens is 3. The molecule has 0 atom stereocenters. The highest BCUT2D eigenvalue weighted by atomic mass is 35.5. The minimum Gasteiger partial charge on any atom is -0.495 e. The smallest absolute Gasteiger partial charge is 0.262 e. The van der Waals surface area contributed by atoms with Crippen LogP contribution in [0.5, 0.6) is 11.5 Å². The quantitative estimate of drug-likeness (QED) is 0.473. The summed E-state index contributed by atoms with van der Waals surface area (Å²) in [4.78, 5) is 13.8. The molecule has 4 aromatic rings. The maximum Gasteiger partial charge on any atom is 0.262 e. The number of aryl methyl sites for hydroxylation is 2. The number of rotatable bonds is 6. The molecule has 0 aliphatic carbocycles. The van der Waals surface area contributed by atoms with Gasteiger partial charge in [-0.2, -0.15) is 4.80 Å². The highest BCUT2D eigenvalue weighted by Crippen LogP contribution is 2.27. The van der Waals surface area contributed by atoms with Gasteiger partial charge < -0.3 is 14.8 Å². The Labute approximate surface area is 184 Å². The molecular weight excluding hydrogens is 416 g/mol. The predicted molar refractivity (Wildman–Crippen MR) is 120 cm³/mol. The summed E-state index contributed by atoms with van der Waals surface area (Å²) in [5.74, 6) is 1.01. The molecule has 0 saturated carbocycles. The first kappa shape index (κ1) is 20.7. The van der Waals surface area contributed by atoms with Gasteiger partial charge in [0.2, 0.25) is 0 Å². The molecular formula is C23H21ClN4O3. The molecule has 1 heterocycles. The van der Waals surface area contributed by atoms with Gasteiger partial charge in [0.1, 0.15) is 22.5 Å². The highest BCUT2D eigenvalue weighted by Gasteiger charge is 2.10. The molecule has 0 bridgehead atoms. The second kappa shape index (κ2) is 8.65. The number of halogens is 1. The van der Waals surface area contributed by atoms with Crippen LogP contribution in [0, 0.1) is 13.8 Å². The Hall–Kier alpha value is -3.58. The molecule has 0 spiro atoms. The van der Waals surface area contributed by atoms with Gasteiger partial charge in [-0.15, -0.1) is 10.2 Å². The van der Waals surface area contributed by atoms with E-state index in [0.29, 0.717) is 38.9 Å². The van der Waals surface area contributed by atoms with Crippen molar-refractivity contribution in [2.45, 2.75) is 13.8 Å². The second-order valence-corrected chi connectivity index (χ2v) is 7.52. The first-order valence-electron chi connectivity index (χ1n) is 9.64. The van der Waals surface area contributed by atoms with Crippen LogP contribution in [0.2, 0.25) is 5.02 Å². The van der Waals surface area contributed by atoms with Crippen molar-refractivity contribution in [2.24, 2.45) is 0 Å². The number of carbonyl (C=O) groups is 1. The predicted octanol–water partition coefficient (Wildman–Crippen LogP) is 4.72. The van der Waals surface area contributed by atoms with E-state index in [2.05, 4.69) is 15.5 Å². The number of benzene rings is 3. The molecule has 0 saturated heterocycles. The van der Waals surface area contributed by atoms with Crippen molar-refractivity contribution in [1.29, 1.82) is 0 Å². The van der Waals surface area contributed by atoms with Crippen LogP contribution < -0.4 is 14.8 Å². The molecule has 0 radical (unpaired) electrons. The first-order chi connectivity index (χ1) is 14.9. The van der Waals surface area contributed by atoms with Gasteiger partial charge in [0, 0.05) is 5.69 Å². The maximum atomic E-state index is 12.3. The summed E-state index contributed by atoms with van der Waals surface area (Å²) in [6.45, 7) is 3.88. The van der Waals surface area contributed by atoms with E-state index in [0.717, 1.165) is 11.1 Å². The van der Waals surface area contributed by atoms with Gasteiger partial charge >= 0.3 is 0 Å². The van der Waals surface area contributed by atoms with E-state index in [1.54, 1.807) is 37.4 Å². The Morgan fingerprint density at radius 2 is 1.77 bits per heavy atom. The molecule has 1 amide bonds. The Morgan fingerprint density at radius 1 is 1.00 bits per heavy atom. The summed E-state index contributed by atoms with van der Waals surface area (Å²) in [6.07, 6.45) is 0. The van der Waals surface area contributed by atoms with Crippen molar-refractivity contribution >= 4 is 34.2 Å². The Kier molecular flexibility index (Phi) is 5.77. The number of carbonyl (C=O) groups excluding carboxylic acids is 1. The molecule has 3 aromatic carbocycles. The molecule has 7 nitrogen and oxygen atoms in total. The third kappa shape index (κ3) is 4.62. The standard InChI is InChI=1S/C23H21ClN4O3/c1-14-4-8-21(15(2)10-14)31-13-23(29)25-16-5-7-19-20(11-16)27-28(26-19)17-6-9-22(30-3)18(24)12-17/h4-12H,13H2,1-3H3,(H,25,29). The van der Waals surface area contributed by atoms with E-state index in [-0.39, 0.29) is 12.5 Å². The Morgan fingerprint density at radius 3 is 2.52 bits per heavy atom. The van der Waals surface area contributed by atoms with Crippen molar-refractivity contribution in [3.05, 3.63) is 70.7 Å². The number of methoxy groups -OCH3 is 1. The third-order valence-electron chi connectivity index (χ3n) is 4.72. The van der Waals surface area contributed by atoms with Crippen molar-refractivity contribution in [3.63, 3.8) is 0 Å². The summed E-state index contributed by atoms with van der Waals surface area (Å²) < 4.78 is 10.8. The lowest BCUT2D eigenvalue weighted by atomic mass is 10.1. The van der Waals surface area contributed by atoms with Crippen LogP contribution in [-0.2, 0) is 4.79 Å². The lowest BCUT2D eigenvalue weighted by Crippen LogP contribution is -2.20. The molecule has 4 rings (SSSR count). The number of fused-ring (bicyclic) bond motifs is 1. The monoisotopic (exact) mass is 436 g/mol. The SMILES string of the molecule is COc1ccc(-n2nc3ccc(NC(=O)COc4ccc(C)cc4C)cc3n2)cc1Cl. The van der Waals surface area contributed by atoms with E-state index in [1.807, 2.05) is 38.1 Å². The molecule has 0 unspecified atom stereocenters. The van der Waals surface area contributed by atoms with E-state index in [4.69, 9.17) is 21.1 Å². The van der Waals surface area contributed by atoms with Gasteiger partial charge in [0.15, 0.2) is 6.61 Å². The maximum absolute atomic E-state index is 12.3. The average molecular weight is 437 g/mol. The van der Waals surface area contributed by atoms with Crippen molar-refractivity contribution < 1.29 is 14.3 Å². The molecule has 158 valence electrons. The van der Waals surface area contributed by atoms with Gasteiger partial charge in [-0.25, -0.2) is 0 Å². The van der Waals surface area contributed by atoms with Crippen LogP contribution in [0.25, 0.3) is 16.7 Å². The Bertz CT molecular complexity index is 1270. The van der Waals surface area contributed by atoms with Crippen LogP contribution >= 0.6 is 11.6 Å². The van der Waals surface area contributed by atoms with Crippen LogP contribution in [-0.4, -0.2) is 34.6 Å². The summed E-state index contributed by atoms with van der Waals surface area (Å²) in [7, 11) is 1.56. The van der Waals surface area contributed by atoms with E-state index >= 15 is 0 Å². The van der Waals surface area contributed by atoms with E-state index in [9.17, 15) is 4.79 Å². The lowest BCUT2D eigenvalue weighted by Gasteiger charge is -2.10. The van der Waals surface area contributed by atoms with Crippen molar-refractivity contribution in [2.75, 3.05) is 19.0 Å². The number of nitrogens with zero attached hydrogens (tertiary/aromatic N) is 3. The molecule has 0 aliphatic rings. The van der Waals surface area contributed by atoms with Crippen molar-refractivity contribution in [1.82, 2.24) is 15.0 Å². The third-order valence-corrected chi connectivity index (χ3v) is 5.01. The number of ether oxygens (including phenoxy) is 2. The number of hydrogen-bond donors (Lipinski definition) is 1. The molecule has 31 heavy (non-hydrogen) atoms. The van der Waals surface area contributed by atoms with Gasteiger partial charge in [0.25, 0.3) is 5.91 Å². The zero-order valence-corrected chi connectivity index (χ0v) is 18.1. The Balaban J connectivity index is 1.46. The molecule has 0 aliphatic heterocycles. The fourth-order valence-electron chi connectivity index (χ4n) is 3.19. The van der Waals surface area contributed by atoms with Crippen LogP contribution in [0.4, 0.5) is 5.69 Å². The van der Waals surface area contributed by atoms with Crippen LogP contribution in [0.1, 0.15) is 11.1 Å². The summed E-state index contributed by atoms with van der Waals surface area (Å²) in [6, 6.07) is 16.5. The van der Waals surface area contributed by atoms with Gasteiger partial charge in [-0.3, -0.25) is 4.79 Å². The number of anilines is 1. The number of nitrogens with one attached hydrogen (secondary N) is 1. The van der Waals surface area contributed by atoms with Crippen molar-refractivity contribution in [3.8, 4) is 17.2 Å². The number of hydrogen-bond acceptors (Lipinski definition) is 5. The summed E-state index contributed by atoms with van der Waals surface area (Å²) >= 11 is 6.20. The molecule has 0 fully saturated rings. The van der Waals surface area contributed by atoms with Crippen LogP contribution in [0.15, 0.2) is 54.6 Å². The van der Waals surface area contributed by atoms with Gasteiger partial charge in [-0.1, -0.05) is 29.3 Å². The molecule has 1 N–H and O–H groups in total. The topological polar surface area (TPSA) is 78.3 Å².